The van der Waals surface area contributed by atoms with Gasteiger partial charge in [0.2, 0.25) is 0 Å². The monoisotopic (exact) mass is 272 g/mol. The second-order valence-electron chi connectivity index (χ2n) is 4.47. The minimum atomic E-state index is -0.241. The van der Waals surface area contributed by atoms with Gasteiger partial charge in [0.05, 0.1) is 6.54 Å². The van der Waals surface area contributed by atoms with Crippen LogP contribution in [0.25, 0.3) is 0 Å². The van der Waals surface area contributed by atoms with E-state index in [1.165, 1.54) is 0 Å². The SMILES string of the molecule is Cc1cc(C)n(Cc2ccc(Cl)cc2)c(=O)c1C#N. The van der Waals surface area contributed by atoms with Gasteiger partial charge in [-0.15, -0.1) is 0 Å². The van der Waals surface area contributed by atoms with Gasteiger partial charge in [0, 0.05) is 10.7 Å². The highest BCUT2D eigenvalue weighted by atomic mass is 35.5. The number of benzene rings is 1. The highest BCUT2D eigenvalue weighted by Gasteiger charge is 2.10. The third-order valence-corrected chi connectivity index (χ3v) is 3.32. The van der Waals surface area contributed by atoms with Crippen LogP contribution in [0.15, 0.2) is 35.1 Å². The molecule has 0 saturated carbocycles. The number of hydrogen-bond acceptors (Lipinski definition) is 2. The average Bonchev–Trinajstić information content (AvgIpc) is 2.37. The molecule has 0 fully saturated rings. The predicted molar refractivity (Wildman–Crippen MR) is 75.4 cm³/mol. The van der Waals surface area contributed by atoms with Crippen LogP contribution in [0.2, 0.25) is 5.02 Å². The molecule has 19 heavy (non-hydrogen) atoms. The van der Waals surface area contributed by atoms with Crippen LogP contribution in [0, 0.1) is 25.2 Å². The second-order valence-corrected chi connectivity index (χ2v) is 4.91. The Hall–Kier alpha value is -2.05. The van der Waals surface area contributed by atoms with E-state index in [0.717, 1.165) is 16.8 Å². The molecule has 1 aromatic carbocycles. The normalized spacial score (nSPS) is 10.2. The topological polar surface area (TPSA) is 45.8 Å². The Bertz CT molecular complexity index is 709. The molecule has 0 bridgehead atoms. The summed E-state index contributed by atoms with van der Waals surface area (Å²) in [5, 5.41) is 9.70. The summed E-state index contributed by atoms with van der Waals surface area (Å²) in [5.74, 6) is 0. The van der Waals surface area contributed by atoms with Crippen molar-refractivity contribution in [3.63, 3.8) is 0 Å². The van der Waals surface area contributed by atoms with Gasteiger partial charge in [-0.05, 0) is 43.2 Å². The van der Waals surface area contributed by atoms with Crippen LogP contribution in [0.1, 0.15) is 22.4 Å². The van der Waals surface area contributed by atoms with Gasteiger partial charge < -0.3 is 4.57 Å². The molecule has 2 aromatic rings. The lowest BCUT2D eigenvalue weighted by atomic mass is 10.1. The quantitative estimate of drug-likeness (QED) is 0.843. The van der Waals surface area contributed by atoms with Gasteiger partial charge in [-0.1, -0.05) is 23.7 Å². The molecule has 1 heterocycles. The molecule has 0 spiro atoms. The van der Waals surface area contributed by atoms with Gasteiger partial charge >= 0.3 is 0 Å². The van der Waals surface area contributed by atoms with E-state index in [9.17, 15) is 4.79 Å². The van der Waals surface area contributed by atoms with Crippen molar-refractivity contribution in [2.45, 2.75) is 20.4 Å². The summed E-state index contributed by atoms with van der Waals surface area (Å²) in [5.41, 5.74) is 2.51. The number of nitriles is 1. The maximum absolute atomic E-state index is 12.2. The fourth-order valence-electron chi connectivity index (χ4n) is 2.03. The summed E-state index contributed by atoms with van der Waals surface area (Å²) in [6.07, 6.45) is 0. The maximum Gasteiger partial charge on any atom is 0.269 e. The smallest absolute Gasteiger partial charge is 0.269 e. The summed E-state index contributed by atoms with van der Waals surface area (Å²) in [4.78, 5) is 12.2. The van der Waals surface area contributed by atoms with Gasteiger partial charge in [-0.3, -0.25) is 4.79 Å². The number of hydrogen-bond donors (Lipinski definition) is 0. The molecule has 1 aromatic heterocycles. The summed E-state index contributed by atoms with van der Waals surface area (Å²) in [6, 6.07) is 11.2. The van der Waals surface area contributed by atoms with Crippen LogP contribution in [0.5, 0.6) is 0 Å². The highest BCUT2D eigenvalue weighted by Crippen LogP contribution is 2.12. The van der Waals surface area contributed by atoms with Gasteiger partial charge in [-0.2, -0.15) is 5.26 Å². The third kappa shape index (κ3) is 2.69. The molecule has 0 atom stereocenters. The van der Waals surface area contributed by atoms with Crippen molar-refractivity contribution in [2.24, 2.45) is 0 Å². The molecule has 0 N–H and O–H groups in total. The zero-order chi connectivity index (χ0) is 14.0. The lowest BCUT2D eigenvalue weighted by Gasteiger charge is -2.12. The van der Waals surface area contributed by atoms with Crippen LogP contribution >= 0.6 is 11.6 Å². The van der Waals surface area contributed by atoms with E-state index in [2.05, 4.69) is 0 Å². The van der Waals surface area contributed by atoms with E-state index >= 15 is 0 Å². The molecule has 0 aliphatic heterocycles. The van der Waals surface area contributed by atoms with E-state index < -0.39 is 0 Å². The Kier molecular flexibility index (Phi) is 3.73. The van der Waals surface area contributed by atoms with Crippen molar-refractivity contribution < 1.29 is 0 Å². The average molecular weight is 273 g/mol. The molecular weight excluding hydrogens is 260 g/mol. The van der Waals surface area contributed by atoms with E-state index in [-0.39, 0.29) is 11.1 Å². The van der Waals surface area contributed by atoms with Crippen LogP contribution in [0.3, 0.4) is 0 Å². The van der Waals surface area contributed by atoms with Crippen molar-refractivity contribution >= 4 is 11.6 Å². The number of rotatable bonds is 2. The fourth-order valence-corrected chi connectivity index (χ4v) is 2.16. The van der Waals surface area contributed by atoms with Gasteiger partial charge in [0.15, 0.2) is 0 Å². The van der Waals surface area contributed by atoms with Crippen LogP contribution in [-0.2, 0) is 6.54 Å². The molecule has 2 rings (SSSR count). The minimum Gasteiger partial charge on any atom is -0.307 e. The lowest BCUT2D eigenvalue weighted by molar-refractivity contribution is 0.724. The zero-order valence-corrected chi connectivity index (χ0v) is 11.5. The van der Waals surface area contributed by atoms with Crippen LogP contribution in [-0.4, -0.2) is 4.57 Å². The van der Waals surface area contributed by atoms with Crippen molar-refractivity contribution in [1.29, 1.82) is 5.26 Å². The van der Waals surface area contributed by atoms with Gasteiger partial charge in [0.1, 0.15) is 11.6 Å². The first kappa shape index (κ1) is 13.4. The Morgan fingerprint density at radius 2 is 1.89 bits per heavy atom. The molecule has 0 radical (unpaired) electrons. The summed E-state index contributed by atoms with van der Waals surface area (Å²) < 4.78 is 1.61. The Morgan fingerprint density at radius 3 is 2.47 bits per heavy atom. The van der Waals surface area contributed by atoms with Gasteiger partial charge in [-0.25, -0.2) is 0 Å². The van der Waals surface area contributed by atoms with E-state index in [4.69, 9.17) is 16.9 Å². The predicted octanol–water partition coefficient (Wildman–Crippen LogP) is 3.04. The number of pyridine rings is 1. The fraction of sp³-hybridized carbons (Fsp3) is 0.200. The standard InChI is InChI=1S/C15H13ClN2O/c1-10-7-11(2)18(15(19)14(10)8-17)9-12-3-5-13(16)6-4-12/h3-7H,9H2,1-2H3. The number of aromatic nitrogens is 1. The van der Waals surface area contributed by atoms with E-state index in [1.807, 2.05) is 31.2 Å². The second kappa shape index (κ2) is 5.29. The Morgan fingerprint density at radius 1 is 1.26 bits per heavy atom. The molecular formula is C15H13ClN2O. The Labute approximate surface area is 116 Å². The maximum atomic E-state index is 12.2. The van der Waals surface area contributed by atoms with Crippen molar-refractivity contribution in [3.8, 4) is 6.07 Å². The summed E-state index contributed by atoms with van der Waals surface area (Å²) in [6.45, 7) is 4.09. The highest BCUT2D eigenvalue weighted by molar-refractivity contribution is 6.30. The lowest BCUT2D eigenvalue weighted by Crippen LogP contribution is -2.26. The molecule has 0 saturated heterocycles. The first-order chi connectivity index (χ1) is 9.02. The molecule has 96 valence electrons. The zero-order valence-electron chi connectivity index (χ0n) is 10.8. The first-order valence-corrected chi connectivity index (χ1v) is 6.26. The molecule has 3 nitrogen and oxygen atoms in total. The number of nitrogens with zero attached hydrogens (tertiary/aromatic N) is 2. The molecule has 0 amide bonds. The number of halogens is 1. The van der Waals surface area contributed by atoms with Crippen molar-refractivity contribution in [1.82, 2.24) is 4.57 Å². The minimum absolute atomic E-state index is 0.208. The van der Waals surface area contributed by atoms with Crippen LogP contribution in [0.4, 0.5) is 0 Å². The molecule has 0 aliphatic rings. The van der Waals surface area contributed by atoms with Gasteiger partial charge in [0.25, 0.3) is 5.56 Å². The van der Waals surface area contributed by atoms with Crippen LogP contribution < -0.4 is 5.56 Å². The summed E-state index contributed by atoms with van der Waals surface area (Å²) in [7, 11) is 0. The molecule has 0 unspecified atom stereocenters. The van der Waals surface area contributed by atoms with E-state index in [1.54, 1.807) is 23.6 Å². The number of aryl methyl sites for hydroxylation is 2. The molecule has 0 aliphatic carbocycles. The first-order valence-electron chi connectivity index (χ1n) is 5.88. The molecule has 4 heteroatoms. The van der Waals surface area contributed by atoms with Crippen molar-refractivity contribution in [2.75, 3.05) is 0 Å². The van der Waals surface area contributed by atoms with Crippen molar-refractivity contribution in [3.05, 3.63) is 68.1 Å². The third-order valence-electron chi connectivity index (χ3n) is 3.07. The largest absolute Gasteiger partial charge is 0.307 e. The summed E-state index contributed by atoms with van der Waals surface area (Å²) >= 11 is 5.83. The van der Waals surface area contributed by atoms with E-state index in [0.29, 0.717) is 11.6 Å². The Balaban J connectivity index is 2.49.